The van der Waals surface area contributed by atoms with Crippen LogP contribution in [0.2, 0.25) is 0 Å². The first-order chi connectivity index (χ1) is 15.5. The molecule has 3 aromatic rings. The molecule has 2 heterocycles. The summed E-state index contributed by atoms with van der Waals surface area (Å²) < 4.78 is 40.6. The average molecular weight is 454 g/mol. The fraction of sp³-hybridized carbons (Fsp3) is 0.273. The molecule has 1 aliphatic heterocycles. The highest BCUT2D eigenvalue weighted by atomic mass is 32.2. The van der Waals surface area contributed by atoms with Crippen molar-refractivity contribution in [3.63, 3.8) is 0 Å². The SMILES string of the molecule is N#Cc1c(CCCNS(=O)(=O)c2ccc3c(c2)OCCCO3)nn(-c2ccccc2)c1N. The van der Waals surface area contributed by atoms with Gasteiger partial charge in [-0.2, -0.15) is 10.4 Å². The molecule has 166 valence electrons. The molecule has 1 aromatic heterocycles. The van der Waals surface area contributed by atoms with E-state index in [9.17, 15) is 13.7 Å². The van der Waals surface area contributed by atoms with E-state index in [1.54, 1.807) is 6.07 Å². The summed E-state index contributed by atoms with van der Waals surface area (Å²) in [6.07, 6.45) is 1.59. The molecule has 0 aliphatic carbocycles. The molecular formula is C22H23N5O4S. The smallest absolute Gasteiger partial charge is 0.240 e. The minimum Gasteiger partial charge on any atom is -0.490 e. The Labute approximate surface area is 186 Å². The van der Waals surface area contributed by atoms with Gasteiger partial charge in [0.15, 0.2) is 11.5 Å². The molecule has 0 radical (unpaired) electrons. The van der Waals surface area contributed by atoms with E-state index in [0.717, 1.165) is 12.1 Å². The molecule has 1 aliphatic rings. The van der Waals surface area contributed by atoms with Gasteiger partial charge < -0.3 is 15.2 Å². The Morgan fingerprint density at radius 3 is 2.62 bits per heavy atom. The molecule has 32 heavy (non-hydrogen) atoms. The van der Waals surface area contributed by atoms with Crippen LogP contribution in [-0.2, 0) is 16.4 Å². The van der Waals surface area contributed by atoms with Gasteiger partial charge in [-0.1, -0.05) is 18.2 Å². The molecule has 0 amide bonds. The lowest BCUT2D eigenvalue weighted by atomic mass is 10.1. The summed E-state index contributed by atoms with van der Waals surface area (Å²) >= 11 is 0. The molecule has 9 nitrogen and oxygen atoms in total. The number of para-hydroxylation sites is 1. The van der Waals surface area contributed by atoms with Crippen molar-refractivity contribution in [2.45, 2.75) is 24.2 Å². The van der Waals surface area contributed by atoms with Gasteiger partial charge in [-0.25, -0.2) is 17.8 Å². The Morgan fingerprint density at radius 1 is 1.12 bits per heavy atom. The zero-order chi connectivity index (χ0) is 22.6. The lowest BCUT2D eigenvalue weighted by Crippen LogP contribution is -2.25. The summed E-state index contributed by atoms with van der Waals surface area (Å²) in [5, 5.41) is 14.0. The molecule has 0 atom stereocenters. The highest BCUT2D eigenvalue weighted by Gasteiger charge is 2.20. The van der Waals surface area contributed by atoms with Crippen molar-refractivity contribution in [3.05, 3.63) is 59.8 Å². The third-order valence-electron chi connectivity index (χ3n) is 5.02. The fourth-order valence-electron chi connectivity index (χ4n) is 3.40. The Morgan fingerprint density at radius 2 is 1.88 bits per heavy atom. The summed E-state index contributed by atoms with van der Waals surface area (Å²) in [5.41, 5.74) is 7.70. The summed E-state index contributed by atoms with van der Waals surface area (Å²) in [5.74, 6) is 1.23. The topological polar surface area (TPSA) is 132 Å². The number of nitriles is 1. The normalized spacial score (nSPS) is 13.3. The molecule has 0 saturated carbocycles. The fourth-order valence-corrected chi connectivity index (χ4v) is 4.49. The Kier molecular flexibility index (Phi) is 6.30. The maximum atomic E-state index is 12.7. The van der Waals surface area contributed by atoms with Crippen molar-refractivity contribution < 1.29 is 17.9 Å². The number of benzene rings is 2. The van der Waals surface area contributed by atoms with Crippen molar-refractivity contribution in [2.75, 3.05) is 25.5 Å². The average Bonchev–Trinajstić information content (AvgIpc) is 2.96. The van der Waals surface area contributed by atoms with Crippen LogP contribution in [0.3, 0.4) is 0 Å². The highest BCUT2D eigenvalue weighted by Crippen LogP contribution is 2.31. The summed E-state index contributed by atoms with van der Waals surface area (Å²) in [6, 6.07) is 16.0. The molecule has 4 rings (SSSR count). The minimum absolute atomic E-state index is 0.108. The zero-order valence-corrected chi connectivity index (χ0v) is 18.1. The minimum atomic E-state index is -3.72. The van der Waals surface area contributed by atoms with E-state index in [4.69, 9.17) is 15.2 Å². The highest BCUT2D eigenvalue weighted by molar-refractivity contribution is 7.89. The number of aromatic nitrogens is 2. The van der Waals surface area contributed by atoms with Gasteiger partial charge in [-0.3, -0.25) is 0 Å². The number of ether oxygens (including phenoxy) is 2. The van der Waals surface area contributed by atoms with E-state index in [0.29, 0.717) is 48.8 Å². The van der Waals surface area contributed by atoms with Gasteiger partial charge in [0.1, 0.15) is 17.5 Å². The first kappa shape index (κ1) is 21.7. The monoisotopic (exact) mass is 453 g/mol. The number of nitrogen functional groups attached to an aromatic ring is 1. The summed E-state index contributed by atoms with van der Waals surface area (Å²) in [6.45, 7) is 1.19. The molecular weight excluding hydrogens is 430 g/mol. The largest absolute Gasteiger partial charge is 0.490 e. The van der Waals surface area contributed by atoms with Crippen molar-refractivity contribution in [1.29, 1.82) is 5.26 Å². The quantitative estimate of drug-likeness (QED) is 0.525. The van der Waals surface area contributed by atoms with Gasteiger partial charge in [-0.15, -0.1) is 0 Å². The number of nitrogens with two attached hydrogens (primary N) is 1. The molecule has 2 aromatic carbocycles. The van der Waals surface area contributed by atoms with E-state index < -0.39 is 10.0 Å². The number of sulfonamides is 1. The second-order valence-corrected chi connectivity index (χ2v) is 8.99. The number of hydrogen-bond donors (Lipinski definition) is 2. The van der Waals surface area contributed by atoms with Crippen LogP contribution in [0.15, 0.2) is 53.4 Å². The number of aryl methyl sites for hydroxylation is 1. The van der Waals surface area contributed by atoms with Crippen molar-refractivity contribution in [3.8, 4) is 23.3 Å². The van der Waals surface area contributed by atoms with Crippen molar-refractivity contribution >= 4 is 15.8 Å². The van der Waals surface area contributed by atoms with Crippen LogP contribution in [0.4, 0.5) is 5.82 Å². The van der Waals surface area contributed by atoms with Gasteiger partial charge in [-0.05, 0) is 37.1 Å². The molecule has 10 heteroatoms. The summed E-state index contributed by atoms with van der Waals surface area (Å²) in [7, 11) is -3.72. The van der Waals surface area contributed by atoms with E-state index in [2.05, 4.69) is 15.9 Å². The van der Waals surface area contributed by atoms with Crippen molar-refractivity contribution in [1.82, 2.24) is 14.5 Å². The van der Waals surface area contributed by atoms with Crippen LogP contribution >= 0.6 is 0 Å². The van der Waals surface area contributed by atoms with Gasteiger partial charge in [0.2, 0.25) is 10.0 Å². The van der Waals surface area contributed by atoms with E-state index >= 15 is 0 Å². The van der Waals surface area contributed by atoms with E-state index in [1.807, 2.05) is 30.3 Å². The van der Waals surface area contributed by atoms with Crippen LogP contribution in [0.25, 0.3) is 5.69 Å². The zero-order valence-electron chi connectivity index (χ0n) is 17.3. The molecule has 0 unspecified atom stereocenters. The molecule has 0 fully saturated rings. The van der Waals surface area contributed by atoms with Crippen LogP contribution < -0.4 is 19.9 Å². The van der Waals surface area contributed by atoms with Crippen molar-refractivity contribution in [2.24, 2.45) is 0 Å². The predicted molar refractivity (Wildman–Crippen MR) is 118 cm³/mol. The van der Waals surface area contributed by atoms with Crippen LogP contribution in [-0.4, -0.2) is 38.0 Å². The second kappa shape index (κ2) is 9.30. The first-order valence-electron chi connectivity index (χ1n) is 10.2. The third kappa shape index (κ3) is 4.54. The lowest BCUT2D eigenvalue weighted by Gasteiger charge is -2.10. The van der Waals surface area contributed by atoms with Gasteiger partial charge in [0, 0.05) is 19.0 Å². The Balaban J connectivity index is 1.41. The van der Waals surface area contributed by atoms with Gasteiger partial charge in [0.05, 0.1) is 29.5 Å². The Bertz CT molecular complexity index is 1250. The molecule has 0 saturated heterocycles. The van der Waals surface area contributed by atoms with Crippen LogP contribution in [0.1, 0.15) is 24.1 Å². The van der Waals surface area contributed by atoms with Crippen LogP contribution in [0, 0.1) is 11.3 Å². The molecule has 3 N–H and O–H groups in total. The first-order valence-corrected chi connectivity index (χ1v) is 11.7. The summed E-state index contributed by atoms with van der Waals surface area (Å²) in [4.78, 5) is 0.108. The van der Waals surface area contributed by atoms with Gasteiger partial charge in [0.25, 0.3) is 0 Å². The third-order valence-corrected chi connectivity index (χ3v) is 6.48. The lowest BCUT2D eigenvalue weighted by molar-refractivity contribution is 0.297. The van der Waals surface area contributed by atoms with Crippen LogP contribution in [0.5, 0.6) is 11.5 Å². The number of nitrogens with zero attached hydrogens (tertiary/aromatic N) is 3. The molecule has 0 bridgehead atoms. The second-order valence-electron chi connectivity index (χ2n) is 7.23. The van der Waals surface area contributed by atoms with E-state index in [1.165, 1.54) is 16.8 Å². The number of hydrogen-bond acceptors (Lipinski definition) is 7. The Hall–Kier alpha value is -3.55. The number of rotatable bonds is 7. The number of fused-ring (bicyclic) bond motifs is 1. The number of anilines is 1. The molecule has 0 spiro atoms. The maximum Gasteiger partial charge on any atom is 0.240 e. The standard InChI is InChI=1S/C22H23N5O4S/c23-15-18-19(26-27(22(18)24)16-6-2-1-3-7-16)8-4-11-25-32(28,29)17-9-10-20-21(14-17)31-13-5-12-30-20/h1-3,6-7,9-10,14,25H,4-5,8,11-13,24H2. The number of nitrogens with one attached hydrogen (secondary N) is 1. The predicted octanol–water partition coefficient (Wildman–Crippen LogP) is 2.40. The van der Waals surface area contributed by atoms with E-state index in [-0.39, 0.29) is 17.3 Å². The van der Waals surface area contributed by atoms with Gasteiger partial charge >= 0.3 is 0 Å². The maximum absolute atomic E-state index is 12.7.